The lowest BCUT2D eigenvalue weighted by atomic mass is 10.5. The maximum atomic E-state index is 8.57. The highest BCUT2D eigenvalue weighted by Gasteiger charge is 2.04. The van der Waals surface area contributed by atoms with Crippen LogP contribution in [-0.4, -0.2) is 17.6 Å². The fourth-order valence-corrected chi connectivity index (χ4v) is 1.02. The average molecular weight is 116 g/mol. The molecule has 1 rings (SSSR count). The monoisotopic (exact) mass is 116 g/mol. The van der Waals surface area contributed by atoms with E-state index in [0.29, 0.717) is 6.61 Å². The van der Waals surface area contributed by atoms with Crippen LogP contribution >= 0.6 is 11.8 Å². The SMILES string of the molecule is [N]=C1OCCCS1. The molecule has 1 radical (unpaired) electrons. The van der Waals surface area contributed by atoms with Crippen molar-refractivity contribution in [3.05, 3.63) is 0 Å². The van der Waals surface area contributed by atoms with E-state index in [0.717, 1.165) is 12.2 Å². The molecular formula is C4H6NOS. The zero-order valence-electron chi connectivity index (χ0n) is 3.89. The molecule has 0 aromatic carbocycles. The minimum atomic E-state index is 0.131. The zero-order valence-corrected chi connectivity index (χ0v) is 4.70. The quantitative estimate of drug-likeness (QED) is 0.455. The molecule has 0 amide bonds. The molecule has 0 spiro atoms. The van der Waals surface area contributed by atoms with Gasteiger partial charge in [0.1, 0.15) is 0 Å². The molecule has 0 unspecified atom stereocenters. The smallest absolute Gasteiger partial charge is 0.270 e. The predicted octanol–water partition coefficient (Wildman–Crippen LogP) is 0.296. The van der Waals surface area contributed by atoms with Crippen LogP contribution in [0.2, 0.25) is 0 Å². The van der Waals surface area contributed by atoms with Crippen molar-refractivity contribution in [2.45, 2.75) is 6.42 Å². The molecule has 0 aromatic rings. The Labute approximate surface area is 46.8 Å². The van der Waals surface area contributed by atoms with Crippen LogP contribution in [0.25, 0.3) is 0 Å². The molecule has 1 saturated heterocycles. The largest absolute Gasteiger partial charge is 0.472 e. The number of nitrogens with zero attached hydrogens (tertiary/aromatic N) is 1. The van der Waals surface area contributed by atoms with E-state index in [-0.39, 0.29) is 5.23 Å². The Bertz CT molecular complexity index is 75.8. The van der Waals surface area contributed by atoms with Crippen molar-refractivity contribution >= 4 is 17.0 Å². The lowest BCUT2D eigenvalue weighted by Gasteiger charge is -2.09. The van der Waals surface area contributed by atoms with Crippen LogP contribution in [0.4, 0.5) is 0 Å². The molecule has 0 bridgehead atoms. The van der Waals surface area contributed by atoms with Crippen molar-refractivity contribution in [1.82, 2.24) is 5.41 Å². The Hall–Kier alpha value is -0.180. The summed E-state index contributed by atoms with van der Waals surface area (Å²) in [7, 11) is 0. The molecule has 0 aromatic heterocycles. The molecule has 0 aliphatic carbocycles. The molecule has 1 aliphatic heterocycles. The topological polar surface area (TPSA) is 31.5 Å². The second-order valence-electron chi connectivity index (χ2n) is 1.32. The molecular weight excluding hydrogens is 110 g/mol. The third-order valence-electron chi connectivity index (χ3n) is 0.740. The summed E-state index contributed by atoms with van der Waals surface area (Å²) in [6, 6.07) is 0. The van der Waals surface area contributed by atoms with Crippen molar-refractivity contribution in [1.29, 1.82) is 0 Å². The first-order chi connectivity index (χ1) is 3.39. The number of ether oxygens (including phenoxy) is 1. The van der Waals surface area contributed by atoms with E-state index in [1.54, 1.807) is 0 Å². The normalized spacial score (nSPS) is 21.4. The average Bonchev–Trinajstić information content (AvgIpc) is 1.69. The van der Waals surface area contributed by atoms with Crippen LogP contribution in [0.3, 0.4) is 0 Å². The van der Waals surface area contributed by atoms with Gasteiger partial charge in [0.15, 0.2) is 0 Å². The molecule has 1 heterocycles. The fourth-order valence-electron chi connectivity index (χ4n) is 0.420. The summed E-state index contributed by atoms with van der Waals surface area (Å²) in [5.74, 6) is 0.992. The number of hydrogen-bond donors (Lipinski definition) is 0. The minimum Gasteiger partial charge on any atom is -0.472 e. The zero-order chi connectivity index (χ0) is 5.11. The first-order valence-corrected chi connectivity index (χ1v) is 3.19. The van der Waals surface area contributed by atoms with E-state index < -0.39 is 0 Å². The highest BCUT2D eigenvalue weighted by Crippen LogP contribution is 2.09. The third-order valence-corrected chi connectivity index (χ3v) is 1.60. The Morgan fingerprint density at radius 3 is 2.86 bits per heavy atom. The van der Waals surface area contributed by atoms with Crippen LogP contribution < -0.4 is 5.41 Å². The summed E-state index contributed by atoms with van der Waals surface area (Å²) in [5, 5.41) is 8.70. The lowest BCUT2D eigenvalue weighted by molar-refractivity contribution is 0.310. The predicted molar refractivity (Wildman–Crippen MR) is 30.2 cm³/mol. The maximum Gasteiger partial charge on any atom is 0.270 e. The van der Waals surface area contributed by atoms with Crippen molar-refractivity contribution in [3.8, 4) is 0 Å². The summed E-state index contributed by atoms with van der Waals surface area (Å²) in [6.45, 7) is 0.679. The van der Waals surface area contributed by atoms with Crippen LogP contribution in [0.15, 0.2) is 0 Å². The van der Waals surface area contributed by atoms with E-state index >= 15 is 0 Å². The molecule has 7 heavy (non-hydrogen) atoms. The van der Waals surface area contributed by atoms with Gasteiger partial charge in [0, 0.05) is 5.75 Å². The van der Waals surface area contributed by atoms with Gasteiger partial charge in [0.05, 0.1) is 6.61 Å². The second kappa shape index (κ2) is 2.21. The standard InChI is InChI=1S/C4H6NOS/c5-4-6-2-1-3-7-4/h1-3H2. The van der Waals surface area contributed by atoms with Gasteiger partial charge >= 0.3 is 0 Å². The van der Waals surface area contributed by atoms with E-state index in [2.05, 4.69) is 0 Å². The molecule has 39 valence electrons. The molecule has 0 atom stereocenters. The number of rotatable bonds is 0. The molecule has 3 heteroatoms. The highest BCUT2D eigenvalue weighted by molar-refractivity contribution is 8.13. The van der Waals surface area contributed by atoms with Gasteiger partial charge in [-0.25, -0.2) is 0 Å². The summed E-state index contributed by atoms with van der Waals surface area (Å²) in [4.78, 5) is 0. The van der Waals surface area contributed by atoms with E-state index in [1.165, 1.54) is 11.8 Å². The maximum absolute atomic E-state index is 8.57. The van der Waals surface area contributed by atoms with E-state index in [4.69, 9.17) is 10.1 Å². The van der Waals surface area contributed by atoms with Crippen LogP contribution in [-0.2, 0) is 4.74 Å². The second-order valence-corrected chi connectivity index (χ2v) is 2.36. The number of thioether (sulfide) groups is 1. The third kappa shape index (κ3) is 1.39. The summed E-state index contributed by atoms with van der Waals surface area (Å²) in [5.41, 5.74) is 0. The van der Waals surface area contributed by atoms with E-state index in [1.807, 2.05) is 0 Å². The Kier molecular flexibility index (Phi) is 1.57. The van der Waals surface area contributed by atoms with Crippen molar-refractivity contribution < 1.29 is 4.74 Å². The first-order valence-electron chi connectivity index (χ1n) is 2.21. The van der Waals surface area contributed by atoms with Crippen LogP contribution in [0.1, 0.15) is 6.42 Å². The van der Waals surface area contributed by atoms with Gasteiger partial charge in [-0.1, -0.05) is 11.8 Å². The molecule has 1 aliphatic rings. The Morgan fingerprint density at radius 2 is 2.57 bits per heavy atom. The Balaban J connectivity index is 2.25. The highest BCUT2D eigenvalue weighted by atomic mass is 32.2. The molecule has 1 fully saturated rings. The van der Waals surface area contributed by atoms with Crippen molar-refractivity contribution in [3.63, 3.8) is 0 Å². The van der Waals surface area contributed by atoms with Gasteiger partial charge in [-0.15, -0.1) is 5.41 Å². The van der Waals surface area contributed by atoms with Crippen molar-refractivity contribution in [2.24, 2.45) is 0 Å². The number of hydrogen-bond acceptors (Lipinski definition) is 2. The van der Waals surface area contributed by atoms with Gasteiger partial charge in [-0.05, 0) is 6.42 Å². The lowest BCUT2D eigenvalue weighted by Crippen LogP contribution is -2.10. The van der Waals surface area contributed by atoms with E-state index in [9.17, 15) is 0 Å². The van der Waals surface area contributed by atoms with Gasteiger partial charge in [-0.3, -0.25) is 0 Å². The summed E-state index contributed by atoms with van der Waals surface area (Å²) < 4.78 is 4.71. The molecule has 0 N–H and O–H groups in total. The van der Waals surface area contributed by atoms with Gasteiger partial charge in [-0.2, -0.15) is 0 Å². The first kappa shape index (κ1) is 4.97. The Morgan fingerprint density at radius 1 is 1.71 bits per heavy atom. The molecule has 0 saturated carbocycles. The van der Waals surface area contributed by atoms with Crippen molar-refractivity contribution in [2.75, 3.05) is 12.4 Å². The van der Waals surface area contributed by atoms with Gasteiger partial charge in [0.2, 0.25) is 0 Å². The fraction of sp³-hybridized carbons (Fsp3) is 0.750. The summed E-state index contributed by atoms with van der Waals surface area (Å²) >= 11 is 1.37. The van der Waals surface area contributed by atoms with Crippen LogP contribution in [0, 0.1) is 0 Å². The van der Waals surface area contributed by atoms with Gasteiger partial charge < -0.3 is 4.74 Å². The summed E-state index contributed by atoms with van der Waals surface area (Å²) in [6.07, 6.45) is 1.05. The minimum absolute atomic E-state index is 0.131. The van der Waals surface area contributed by atoms with Crippen LogP contribution in [0.5, 0.6) is 0 Å². The van der Waals surface area contributed by atoms with Gasteiger partial charge in [0.25, 0.3) is 5.23 Å². The molecule has 2 nitrogen and oxygen atoms in total.